The highest BCUT2D eigenvalue weighted by molar-refractivity contribution is 6.15. The average Bonchev–Trinajstić information content (AvgIpc) is 3.35. The number of hydrogen-bond donors (Lipinski definition) is 1. The number of aliphatic hydroxyl groups is 1. The van der Waals surface area contributed by atoms with Crippen LogP contribution in [0, 0.1) is 0 Å². The van der Waals surface area contributed by atoms with Crippen LogP contribution in [0.4, 0.5) is 0 Å². The third kappa shape index (κ3) is 3.26. The van der Waals surface area contributed by atoms with Gasteiger partial charge in [0.2, 0.25) is 5.78 Å². The number of furan rings is 1. The van der Waals surface area contributed by atoms with E-state index in [0.29, 0.717) is 11.1 Å². The molecule has 1 aliphatic rings. The van der Waals surface area contributed by atoms with Crippen molar-refractivity contribution in [3.63, 3.8) is 0 Å². The topological polar surface area (TPSA) is 96.5 Å². The summed E-state index contributed by atoms with van der Waals surface area (Å²) in [6.45, 7) is 0.174. The van der Waals surface area contributed by atoms with Crippen molar-refractivity contribution in [2.75, 3.05) is 0 Å². The Labute approximate surface area is 177 Å². The van der Waals surface area contributed by atoms with E-state index in [1.165, 1.54) is 4.90 Å². The predicted molar refractivity (Wildman–Crippen MR) is 112 cm³/mol. The molecule has 0 aliphatic carbocycles. The number of hydrogen-bond acceptors (Lipinski definition) is 6. The largest absolute Gasteiger partial charge is 0.503 e. The van der Waals surface area contributed by atoms with Crippen LogP contribution in [-0.4, -0.2) is 31.7 Å². The molecular weight excluding hydrogens is 394 g/mol. The summed E-state index contributed by atoms with van der Waals surface area (Å²) in [7, 11) is 0. The first-order chi connectivity index (χ1) is 15.1. The molecule has 0 radical (unpaired) electrons. The minimum absolute atomic E-state index is 0.0269. The molecule has 3 aromatic heterocycles. The molecule has 1 aliphatic heterocycles. The second kappa shape index (κ2) is 7.53. The minimum atomic E-state index is -0.804. The zero-order valence-electron chi connectivity index (χ0n) is 16.3. The van der Waals surface area contributed by atoms with Gasteiger partial charge in [-0.05, 0) is 35.4 Å². The molecule has 0 spiro atoms. The van der Waals surface area contributed by atoms with E-state index in [0.717, 1.165) is 10.9 Å². The van der Waals surface area contributed by atoms with Crippen molar-refractivity contribution in [1.29, 1.82) is 0 Å². The lowest BCUT2D eigenvalue weighted by Gasteiger charge is -2.26. The van der Waals surface area contributed by atoms with E-state index in [2.05, 4.69) is 9.97 Å². The molecule has 4 heterocycles. The van der Waals surface area contributed by atoms with E-state index in [1.54, 1.807) is 55.1 Å². The highest BCUT2D eigenvalue weighted by atomic mass is 16.3. The number of para-hydroxylation sites is 1. The second-order valence-corrected chi connectivity index (χ2v) is 7.22. The third-order valence-corrected chi connectivity index (χ3v) is 5.27. The fourth-order valence-electron chi connectivity index (χ4n) is 3.85. The second-order valence-electron chi connectivity index (χ2n) is 7.22. The van der Waals surface area contributed by atoms with Crippen LogP contribution in [0.5, 0.6) is 0 Å². The molecule has 0 unspecified atom stereocenters. The van der Waals surface area contributed by atoms with Crippen molar-refractivity contribution in [2.45, 2.75) is 12.6 Å². The lowest BCUT2D eigenvalue weighted by atomic mass is 9.96. The Balaban J connectivity index is 1.59. The van der Waals surface area contributed by atoms with Crippen molar-refractivity contribution >= 4 is 22.7 Å². The Kier molecular flexibility index (Phi) is 4.55. The Bertz CT molecular complexity index is 1280. The van der Waals surface area contributed by atoms with E-state index >= 15 is 0 Å². The van der Waals surface area contributed by atoms with Crippen molar-refractivity contribution < 1.29 is 19.1 Å². The van der Waals surface area contributed by atoms with Crippen molar-refractivity contribution in [1.82, 2.24) is 14.9 Å². The number of nitrogens with zero attached hydrogens (tertiary/aromatic N) is 3. The fourth-order valence-corrected chi connectivity index (χ4v) is 3.85. The number of pyridine rings is 2. The van der Waals surface area contributed by atoms with E-state index in [1.807, 2.05) is 24.3 Å². The van der Waals surface area contributed by atoms with Gasteiger partial charge in [0.1, 0.15) is 5.58 Å². The lowest BCUT2D eigenvalue weighted by molar-refractivity contribution is -0.130. The maximum Gasteiger partial charge on any atom is 0.290 e. The number of Topliss-reactive ketones (excluding diaryl/α,β-unsaturated/α-hetero) is 1. The van der Waals surface area contributed by atoms with Crippen LogP contribution in [0.2, 0.25) is 0 Å². The Hall–Kier alpha value is -4.26. The molecule has 152 valence electrons. The zero-order chi connectivity index (χ0) is 21.4. The molecule has 0 saturated carbocycles. The molecule has 1 atom stereocenters. The molecule has 1 aromatic carbocycles. The van der Waals surface area contributed by atoms with Gasteiger partial charge in [-0.3, -0.25) is 19.6 Å². The van der Waals surface area contributed by atoms with Crippen LogP contribution >= 0.6 is 0 Å². The molecule has 0 bridgehead atoms. The first kappa shape index (κ1) is 18.7. The van der Waals surface area contributed by atoms with Gasteiger partial charge in [0, 0.05) is 36.7 Å². The summed E-state index contributed by atoms with van der Waals surface area (Å²) in [4.78, 5) is 36.1. The first-order valence-corrected chi connectivity index (χ1v) is 9.69. The number of aromatic nitrogens is 2. The fraction of sp³-hybridized carbons (Fsp3) is 0.0833. The van der Waals surface area contributed by atoms with Gasteiger partial charge in [-0.25, -0.2) is 0 Å². The molecule has 5 rings (SSSR count). The van der Waals surface area contributed by atoms with Crippen LogP contribution in [0.15, 0.2) is 95.1 Å². The first-order valence-electron chi connectivity index (χ1n) is 9.69. The van der Waals surface area contributed by atoms with Crippen molar-refractivity contribution in [3.8, 4) is 0 Å². The molecule has 4 aromatic rings. The summed E-state index contributed by atoms with van der Waals surface area (Å²) in [6, 6.07) is 15.1. The molecule has 7 heteroatoms. The SMILES string of the molecule is O=C(C1=C(O)C(=O)N(Cc2cccnc2)[C@H]1c1cccnc1)c1cc2ccccc2o1. The maximum absolute atomic E-state index is 13.4. The van der Waals surface area contributed by atoms with E-state index in [4.69, 9.17) is 4.42 Å². The van der Waals surface area contributed by atoms with Crippen LogP contribution in [0.1, 0.15) is 27.7 Å². The number of amides is 1. The summed E-state index contributed by atoms with van der Waals surface area (Å²) in [5, 5.41) is 11.5. The Morgan fingerprint density at radius 2 is 1.81 bits per heavy atom. The van der Waals surface area contributed by atoms with Crippen molar-refractivity contribution in [2.24, 2.45) is 0 Å². The summed E-state index contributed by atoms with van der Waals surface area (Å²) in [5.74, 6) is -1.68. The van der Waals surface area contributed by atoms with Crippen LogP contribution in [-0.2, 0) is 11.3 Å². The highest BCUT2D eigenvalue weighted by Crippen LogP contribution is 2.40. The van der Waals surface area contributed by atoms with Gasteiger partial charge >= 0.3 is 0 Å². The van der Waals surface area contributed by atoms with Gasteiger partial charge in [-0.1, -0.05) is 30.3 Å². The third-order valence-electron chi connectivity index (χ3n) is 5.27. The Morgan fingerprint density at radius 3 is 2.52 bits per heavy atom. The number of fused-ring (bicyclic) bond motifs is 1. The summed E-state index contributed by atoms with van der Waals surface area (Å²) in [5.41, 5.74) is 1.92. The number of carbonyl (C=O) groups is 2. The highest BCUT2D eigenvalue weighted by Gasteiger charge is 2.44. The smallest absolute Gasteiger partial charge is 0.290 e. The monoisotopic (exact) mass is 411 g/mol. The van der Waals surface area contributed by atoms with Crippen molar-refractivity contribution in [3.05, 3.63) is 108 Å². The van der Waals surface area contributed by atoms with E-state index in [9.17, 15) is 14.7 Å². The molecule has 1 amide bonds. The molecule has 1 N–H and O–H groups in total. The number of carbonyl (C=O) groups excluding carboxylic acids is 2. The molecular formula is C24H17N3O4. The Morgan fingerprint density at radius 1 is 1.03 bits per heavy atom. The van der Waals surface area contributed by atoms with Gasteiger partial charge in [-0.15, -0.1) is 0 Å². The van der Waals surface area contributed by atoms with Gasteiger partial charge in [0.25, 0.3) is 5.91 Å². The number of ketones is 1. The minimum Gasteiger partial charge on any atom is -0.503 e. The van der Waals surface area contributed by atoms with Crippen LogP contribution < -0.4 is 0 Å². The van der Waals surface area contributed by atoms with Gasteiger partial charge in [0.05, 0.1) is 11.6 Å². The summed E-state index contributed by atoms with van der Waals surface area (Å²) in [6.07, 6.45) is 6.47. The predicted octanol–water partition coefficient (Wildman–Crippen LogP) is 4.00. The molecule has 0 fully saturated rings. The normalized spacial score (nSPS) is 16.3. The van der Waals surface area contributed by atoms with Gasteiger partial charge in [-0.2, -0.15) is 0 Å². The van der Waals surface area contributed by atoms with Gasteiger partial charge < -0.3 is 14.4 Å². The number of rotatable bonds is 5. The summed E-state index contributed by atoms with van der Waals surface area (Å²) < 4.78 is 5.71. The van der Waals surface area contributed by atoms with Crippen LogP contribution in [0.3, 0.4) is 0 Å². The summed E-state index contributed by atoms with van der Waals surface area (Å²) >= 11 is 0. The number of benzene rings is 1. The van der Waals surface area contributed by atoms with Gasteiger partial charge in [0.15, 0.2) is 11.5 Å². The standard InChI is InChI=1S/C24H17N3O4/c28-22(19-11-16-6-1-2-8-18(16)31-19)20-21(17-7-4-10-26-13-17)27(24(30)23(20)29)14-15-5-3-9-25-12-15/h1-13,21,29H,14H2/t21-/m0/s1. The average molecular weight is 411 g/mol. The maximum atomic E-state index is 13.4. The van der Waals surface area contributed by atoms with E-state index in [-0.39, 0.29) is 17.9 Å². The molecule has 31 heavy (non-hydrogen) atoms. The molecule has 0 saturated heterocycles. The lowest BCUT2D eigenvalue weighted by Crippen LogP contribution is -2.30. The van der Waals surface area contributed by atoms with Crippen LogP contribution in [0.25, 0.3) is 11.0 Å². The zero-order valence-corrected chi connectivity index (χ0v) is 16.3. The number of aliphatic hydroxyl groups excluding tert-OH is 1. The molecule has 7 nitrogen and oxygen atoms in total. The van der Waals surface area contributed by atoms with E-state index < -0.39 is 23.5 Å². The quantitative estimate of drug-likeness (QED) is 0.499.